The zero-order valence-electron chi connectivity index (χ0n) is 11.5. The molecule has 0 bridgehead atoms. The Hall–Kier alpha value is -0.220. The van der Waals surface area contributed by atoms with E-state index in [4.69, 9.17) is 0 Å². The molecule has 0 aromatic heterocycles. The first-order chi connectivity index (χ1) is 8.44. The summed E-state index contributed by atoms with van der Waals surface area (Å²) in [4.78, 5) is 12.1. The van der Waals surface area contributed by atoms with Crippen LogP contribution in [0.25, 0.3) is 0 Å². The van der Waals surface area contributed by atoms with Gasteiger partial charge in [0.2, 0.25) is 0 Å². The molecule has 1 aliphatic heterocycles. The number of amides is 1. The second-order valence-electron chi connectivity index (χ2n) is 6.49. The van der Waals surface area contributed by atoms with Crippen LogP contribution in [0, 0.1) is 11.3 Å². The van der Waals surface area contributed by atoms with Crippen LogP contribution in [0.1, 0.15) is 46.0 Å². The van der Waals surface area contributed by atoms with Crippen LogP contribution in [0.2, 0.25) is 0 Å². The Morgan fingerprint density at radius 2 is 2.11 bits per heavy atom. The molecule has 18 heavy (non-hydrogen) atoms. The van der Waals surface area contributed by atoms with Gasteiger partial charge in [0.15, 0.2) is 5.60 Å². The summed E-state index contributed by atoms with van der Waals surface area (Å²) in [5.41, 5.74) is -0.968. The Kier molecular flexibility index (Phi) is 4.27. The molecule has 1 unspecified atom stereocenters. The lowest BCUT2D eigenvalue weighted by molar-refractivity contribution is -0.137. The lowest BCUT2D eigenvalue weighted by Gasteiger charge is -2.33. The van der Waals surface area contributed by atoms with E-state index in [2.05, 4.69) is 19.2 Å². The number of hydrogen-bond donors (Lipinski definition) is 2. The van der Waals surface area contributed by atoms with Crippen LogP contribution in [0.3, 0.4) is 0 Å². The summed E-state index contributed by atoms with van der Waals surface area (Å²) >= 11 is 1.66. The minimum atomic E-state index is -1.11. The predicted octanol–water partition coefficient (Wildman–Crippen LogP) is 2.19. The van der Waals surface area contributed by atoms with Crippen LogP contribution in [0.4, 0.5) is 0 Å². The highest BCUT2D eigenvalue weighted by Crippen LogP contribution is 2.39. The van der Waals surface area contributed by atoms with Crippen LogP contribution in [0.15, 0.2) is 0 Å². The molecule has 1 saturated heterocycles. The van der Waals surface area contributed by atoms with E-state index in [1.54, 1.807) is 11.8 Å². The van der Waals surface area contributed by atoms with Gasteiger partial charge in [-0.25, -0.2) is 0 Å². The second-order valence-corrected chi connectivity index (χ2v) is 7.59. The summed E-state index contributed by atoms with van der Waals surface area (Å²) in [6.45, 7) is 5.15. The van der Waals surface area contributed by atoms with Crippen molar-refractivity contribution < 1.29 is 9.90 Å². The number of nitrogens with one attached hydrogen (secondary N) is 1. The third-order valence-corrected chi connectivity index (χ3v) is 5.76. The Bertz CT molecular complexity index is 305. The highest BCUT2D eigenvalue weighted by Gasteiger charge is 2.40. The summed E-state index contributed by atoms with van der Waals surface area (Å²) in [5, 5.41) is 13.2. The molecule has 104 valence electrons. The van der Waals surface area contributed by atoms with E-state index < -0.39 is 5.60 Å². The maximum atomic E-state index is 12.1. The second kappa shape index (κ2) is 5.41. The number of carbonyl (C=O) groups excluding carboxylic acids is 1. The topological polar surface area (TPSA) is 49.3 Å². The molecule has 0 radical (unpaired) electrons. The molecular weight excluding hydrogens is 246 g/mol. The summed E-state index contributed by atoms with van der Waals surface area (Å²) in [6, 6.07) is 0. The molecule has 1 heterocycles. The van der Waals surface area contributed by atoms with Crippen molar-refractivity contribution in [2.24, 2.45) is 11.3 Å². The SMILES string of the molecule is CC(C)(CNC(=O)C1(O)CCSC1)C1CCCC1. The first-order valence-electron chi connectivity index (χ1n) is 7.02. The molecule has 4 heteroatoms. The van der Waals surface area contributed by atoms with Crippen molar-refractivity contribution in [1.82, 2.24) is 5.32 Å². The fourth-order valence-corrected chi connectivity index (χ4v) is 4.30. The highest BCUT2D eigenvalue weighted by atomic mass is 32.2. The largest absolute Gasteiger partial charge is 0.379 e. The molecule has 1 aliphatic carbocycles. The van der Waals surface area contributed by atoms with Gasteiger partial charge in [0.25, 0.3) is 5.91 Å². The maximum Gasteiger partial charge on any atom is 0.252 e. The van der Waals surface area contributed by atoms with Crippen molar-refractivity contribution in [3.8, 4) is 0 Å². The minimum Gasteiger partial charge on any atom is -0.379 e. The van der Waals surface area contributed by atoms with Crippen molar-refractivity contribution >= 4 is 17.7 Å². The number of aliphatic hydroxyl groups is 1. The quantitative estimate of drug-likeness (QED) is 0.824. The van der Waals surface area contributed by atoms with E-state index >= 15 is 0 Å². The summed E-state index contributed by atoms with van der Waals surface area (Å²) < 4.78 is 0. The zero-order chi connectivity index (χ0) is 13.2. The number of hydrogen-bond acceptors (Lipinski definition) is 3. The van der Waals surface area contributed by atoms with Gasteiger partial charge in [-0.15, -0.1) is 0 Å². The van der Waals surface area contributed by atoms with Crippen LogP contribution in [-0.4, -0.2) is 34.7 Å². The molecule has 1 atom stereocenters. The number of carbonyl (C=O) groups is 1. The molecule has 2 N–H and O–H groups in total. The summed E-state index contributed by atoms with van der Waals surface area (Å²) in [5.74, 6) is 1.97. The average molecular weight is 271 g/mol. The Labute approximate surface area is 114 Å². The molecule has 0 aromatic carbocycles. The van der Waals surface area contributed by atoms with Gasteiger partial charge in [-0.1, -0.05) is 26.7 Å². The minimum absolute atomic E-state index is 0.147. The zero-order valence-corrected chi connectivity index (χ0v) is 12.3. The standard InChI is InChI=1S/C14H25NO2S/c1-13(2,11-5-3-4-6-11)9-15-12(16)14(17)7-8-18-10-14/h11,17H,3-10H2,1-2H3,(H,15,16). The molecule has 1 saturated carbocycles. The van der Waals surface area contributed by atoms with Gasteiger partial charge in [0, 0.05) is 12.3 Å². The molecule has 2 rings (SSSR count). The highest BCUT2D eigenvalue weighted by molar-refractivity contribution is 7.99. The predicted molar refractivity (Wildman–Crippen MR) is 75.6 cm³/mol. The fourth-order valence-electron chi connectivity index (χ4n) is 3.06. The van der Waals surface area contributed by atoms with Crippen LogP contribution in [-0.2, 0) is 4.79 Å². The molecule has 3 nitrogen and oxygen atoms in total. The van der Waals surface area contributed by atoms with E-state index in [1.807, 2.05) is 0 Å². The normalized spacial score (nSPS) is 29.7. The summed E-state index contributed by atoms with van der Waals surface area (Å²) in [7, 11) is 0. The fraction of sp³-hybridized carbons (Fsp3) is 0.929. The number of thioether (sulfide) groups is 1. The van der Waals surface area contributed by atoms with E-state index in [0.717, 1.165) is 5.75 Å². The van der Waals surface area contributed by atoms with Gasteiger partial charge in [0.05, 0.1) is 0 Å². The average Bonchev–Trinajstić information content (AvgIpc) is 2.97. The van der Waals surface area contributed by atoms with Crippen molar-refractivity contribution in [1.29, 1.82) is 0 Å². The molecular formula is C14H25NO2S. The van der Waals surface area contributed by atoms with Crippen LogP contribution in [0.5, 0.6) is 0 Å². The first-order valence-corrected chi connectivity index (χ1v) is 8.18. The van der Waals surface area contributed by atoms with Gasteiger partial charge in [-0.05, 0) is 36.3 Å². The van der Waals surface area contributed by atoms with Crippen molar-refractivity contribution in [2.45, 2.75) is 51.6 Å². The maximum absolute atomic E-state index is 12.1. The third-order valence-electron chi connectivity index (χ3n) is 4.59. The summed E-state index contributed by atoms with van der Waals surface area (Å²) in [6.07, 6.45) is 5.80. The monoisotopic (exact) mass is 271 g/mol. The van der Waals surface area contributed by atoms with E-state index in [-0.39, 0.29) is 11.3 Å². The Balaban J connectivity index is 1.84. The van der Waals surface area contributed by atoms with Gasteiger partial charge in [-0.2, -0.15) is 11.8 Å². The lowest BCUT2D eigenvalue weighted by atomic mass is 9.77. The van der Waals surface area contributed by atoms with Crippen molar-refractivity contribution in [3.05, 3.63) is 0 Å². The smallest absolute Gasteiger partial charge is 0.252 e. The first kappa shape index (κ1) is 14.2. The lowest BCUT2D eigenvalue weighted by Crippen LogP contribution is -2.50. The van der Waals surface area contributed by atoms with Crippen LogP contribution < -0.4 is 5.32 Å². The van der Waals surface area contributed by atoms with E-state index in [0.29, 0.717) is 24.6 Å². The van der Waals surface area contributed by atoms with E-state index in [9.17, 15) is 9.90 Å². The molecule has 2 fully saturated rings. The van der Waals surface area contributed by atoms with E-state index in [1.165, 1.54) is 25.7 Å². The van der Waals surface area contributed by atoms with Gasteiger partial charge in [0.1, 0.15) is 0 Å². The van der Waals surface area contributed by atoms with Gasteiger partial charge >= 0.3 is 0 Å². The molecule has 1 amide bonds. The van der Waals surface area contributed by atoms with Crippen molar-refractivity contribution in [3.63, 3.8) is 0 Å². The number of rotatable bonds is 4. The van der Waals surface area contributed by atoms with Gasteiger partial charge in [-0.3, -0.25) is 4.79 Å². The third kappa shape index (κ3) is 3.02. The van der Waals surface area contributed by atoms with Crippen LogP contribution >= 0.6 is 11.8 Å². The molecule has 2 aliphatic rings. The molecule has 0 spiro atoms. The Morgan fingerprint density at radius 3 is 2.67 bits per heavy atom. The molecule has 0 aromatic rings. The van der Waals surface area contributed by atoms with Crippen molar-refractivity contribution in [2.75, 3.05) is 18.1 Å². The van der Waals surface area contributed by atoms with Gasteiger partial charge < -0.3 is 10.4 Å². The Morgan fingerprint density at radius 1 is 1.44 bits per heavy atom.